The third-order valence-corrected chi connectivity index (χ3v) is 3.28. The van der Waals surface area contributed by atoms with Crippen molar-refractivity contribution in [2.75, 3.05) is 12.3 Å². The Hall–Kier alpha value is -1.43. The maximum atomic E-state index is 4.46. The number of nitrogens with zero attached hydrogens (tertiary/aromatic N) is 5. The average Bonchev–Trinajstić information content (AvgIpc) is 2.85. The molecule has 15 heavy (non-hydrogen) atoms. The van der Waals surface area contributed by atoms with Crippen molar-refractivity contribution in [2.24, 2.45) is 12.0 Å². The van der Waals surface area contributed by atoms with Crippen molar-refractivity contribution >= 4 is 16.8 Å². The molecule has 3 aliphatic heterocycles. The van der Waals surface area contributed by atoms with Gasteiger partial charge in [-0.2, -0.15) is 0 Å². The van der Waals surface area contributed by atoms with Crippen molar-refractivity contribution in [3.8, 4) is 11.5 Å². The number of fused-ring (bicyclic) bond motifs is 1. The zero-order valence-corrected chi connectivity index (χ0v) is 9.03. The lowest BCUT2D eigenvalue weighted by Crippen LogP contribution is -2.10. The summed E-state index contributed by atoms with van der Waals surface area (Å²) in [7, 11) is 1.96. The van der Waals surface area contributed by atoms with Gasteiger partial charge in [0.25, 0.3) is 0 Å². The maximum absolute atomic E-state index is 4.46. The molecule has 3 heterocycles. The number of imidazole rings is 1. The van der Waals surface area contributed by atoms with Crippen molar-refractivity contribution in [2.45, 2.75) is 0 Å². The van der Waals surface area contributed by atoms with E-state index in [1.54, 1.807) is 24.4 Å². The molecule has 0 spiro atoms. The molecule has 0 saturated carbocycles. The Bertz CT molecular complexity index is 503. The molecular formula is C9H9N5S. The van der Waals surface area contributed by atoms with E-state index in [0.29, 0.717) is 5.82 Å². The lowest BCUT2D eigenvalue weighted by Gasteiger charge is -2.10. The Balaban J connectivity index is 2.24. The normalized spacial score (nSPS) is 15.9. The monoisotopic (exact) mass is 219 g/mol. The highest BCUT2D eigenvalue weighted by Crippen LogP contribution is 2.26. The van der Waals surface area contributed by atoms with Gasteiger partial charge in [0.05, 0.1) is 6.33 Å². The van der Waals surface area contributed by atoms with Gasteiger partial charge in [-0.25, -0.2) is 15.0 Å². The number of aromatic nitrogens is 4. The summed E-state index contributed by atoms with van der Waals surface area (Å²) in [6, 6.07) is 0. The minimum Gasteiger partial charge on any atom is -0.331 e. The van der Waals surface area contributed by atoms with Gasteiger partial charge < -0.3 is 4.57 Å². The second kappa shape index (κ2) is 3.30. The minimum absolute atomic E-state index is 0.693. The third kappa shape index (κ3) is 1.32. The molecule has 0 atom stereocenters. The molecule has 0 N–H and O–H groups in total. The molecule has 0 aromatic heterocycles. The van der Waals surface area contributed by atoms with Crippen molar-refractivity contribution in [3.63, 3.8) is 0 Å². The summed E-state index contributed by atoms with van der Waals surface area (Å²) in [6.07, 6.45) is 3.30. The highest BCUT2D eigenvalue weighted by Gasteiger charge is 2.21. The van der Waals surface area contributed by atoms with Crippen molar-refractivity contribution in [1.29, 1.82) is 0 Å². The lowest BCUT2D eigenvalue weighted by atomic mass is 10.3. The Labute approximate surface area is 91.0 Å². The molecule has 3 aliphatic rings. The predicted octanol–water partition coefficient (Wildman–Crippen LogP) is 0.808. The fourth-order valence-electron chi connectivity index (χ4n) is 1.62. The molecule has 0 amide bonds. The Morgan fingerprint density at radius 3 is 3.07 bits per heavy atom. The van der Waals surface area contributed by atoms with Crippen molar-refractivity contribution in [1.82, 2.24) is 19.5 Å². The molecule has 5 nitrogen and oxygen atoms in total. The van der Waals surface area contributed by atoms with E-state index in [1.807, 2.05) is 11.6 Å². The molecule has 0 aromatic carbocycles. The predicted molar refractivity (Wildman–Crippen MR) is 59.3 cm³/mol. The second-order valence-corrected chi connectivity index (χ2v) is 4.37. The third-order valence-electron chi connectivity index (χ3n) is 2.30. The number of rotatable bonds is 1. The first kappa shape index (κ1) is 8.84. The fraction of sp³-hybridized carbons (Fsp3) is 0.333. The van der Waals surface area contributed by atoms with Crippen molar-refractivity contribution in [3.05, 3.63) is 18.3 Å². The van der Waals surface area contributed by atoms with E-state index in [2.05, 4.69) is 19.9 Å². The number of hydrogen-bond donors (Lipinski definition) is 0. The summed E-state index contributed by atoms with van der Waals surface area (Å²) in [6.45, 7) is 0.887. The molecule has 76 valence electrons. The van der Waals surface area contributed by atoms with Gasteiger partial charge in [-0.3, -0.25) is 4.99 Å². The summed E-state index contributed by atoms with van der Waals surface area (Å²) in [4.78, 5) is 17.0. The van der Waals surface area contributed by atoms with E-state index in [-0.39, 0.29) is 0 Å². The van der Waals surface area contributed by atoms with Gasteiger partial charge in [-0.05, 0) is 0 Å². The molecular weight excluding hydrogens is 210 g/mol. The van der Waals surface area contributed by atoms with Crippen LogP contribution in [0.2, 0.25) is 0 Å². The van der Waals surface area contributed by atoms with E-state index in [4.69, 9.17) is 0 Å². The summed E-state index contributed by atoms with van der Waals surface area (Å²) < 4.78 is 1.95. The lowest BCUT2D eigenvalue weighted by molar-refractivity contribution is 0.848. The Morgan fingerprint density at radius 2 is 2.27 bits per heavy atom. The van der Waals surface area contributed by atoms with Gasteiger partial charge in [0.15, 0.2) is 5.82 Å². The zero-order chi connectivity index (χ0) is 10.3. The van der Waals surface area contributed by atoms with Crippen LogP contribution < -0.4 is 0 Å². The first-order valence-electron chi connectivity index (χ1n) is 4.66. The SMILES string of the molecule is Cn1cnc2ncnc-2c1C1=NCCS1. The van der Waals surface area contributed by atoms with Crippen molar-refractivity contribution < 1.29 is 0 Å². The molecule has 0 saturated heterocycles. The maximum Gasteiger partial charge on any atom is 0.183 e. The van der Waals surface area contributed by atoms with Gasteiger partial charge in [0.1, 0.15) is 22.8 Å². The summed E-state index contributed by atoms with van der Waals surface area (Å²) >= 11 is 1.76. The van der Waals surface area contributed by atoms with Crippen LogP contribution >= 0.6 is 11.8 Å². The first-order valence-corrected chi connectivity index (χ1v) is 5.64. The number of aliphatic imine (C=N–C) groups is 1. The van der Waals surface area contributed by atoms with Crippen LogP contribution in [-0.4, -0.2) is 36.9 Å². The number of hydrogen-bond acceptors (Lipinski definition) is 5. The first-order chi connectivity index (χ1) is 7.36. The van der Waals surface area contributed by atoms with E-state index >= 15 is 0 Å². The van der Waals surface area contributed by atoms with E-state index in [0.717, 1.165) is 28.7 Å². The highest BCUT2D eigenvalue weighted by atomic mass is 32.2. The molecule has 0 bridgehead atoms. The van der Waals surface area contributed by atoms with E-state index in [1.165, 1.54) is 0 Å². The summed E-state index contributed by atoms with van der Waals surface area (Å²) in [5.74, 6) is 1.74. The largest absolute Gasteiger partial charge is 0.331 e. The quantitative estimate of drug-likeness (QED) is 0.712. The van der Waals surface area contributed by atoms with Crippen LogP contribution in [-0.2, 0) is 7.05 Å². The minimum atomic E-state index is 0.693. The molecule has 0 aliphatic carbocycles. The topological polar surface area (TPSA) is 56.0 Å². The van der Waals surface area contributed by atoms with Gasteiger partial charge in [0, 0.05) is 19.3 Å². The van der Waals surface area contributed by atoms with E-state index < -0.39 is 0 Å². The van der Waals surface area contributed by atoms with Gasteiger partial charge in [-0.15, -0.1) is 11.8 Å². The Morgan fingerprint density at radius 1 is 1.33 bits per heavy atom. The molecule has 0 aromatic rings. The van der Waals surface area contributed by atoms with Crippen LogP contribution in [0.5, 0.6) is 0 Å². The van der Waals surface area contributed by atoms with Crippen LogP contribution in [0.4, 0.5) is 0 Å². The molecule has 0 fully saturated rings. The van der Waals surface area contributed by atoms with Crippen LogP contribution in [0.15, 0.2) is 17.6 Å². The van der Waals surface area contributed by atoms with Crippen LogP contribution in [0.1, 0.15) is 5.69 Å². The van der Waals surface area contributed by atoms with Crippen LogP contribution in [0.3, 0.4) is 0 Å². The van der Waals surface area contributed by atoms with Crippen LogP contribution in [0.25, 0.3) is 11.5 Å². The van der Waals surface area contributed by atoms with E-state index in [9.17, 15) is 0 Å². The van der Waals surface area contributed by atoms with Gasteiger partial charge in [-0.1, -0.05) is 0 Å². The second-order valence-electron chi connectivity index (χ2n) is 3.29. The zero-order valence-electron chi connectivity index (χ0n) is 8.21. The molecule has 3 rings (SSSR count). The number of thioether (sulfide) groups is 1. The van der Waals surface area contributed by atoms with Gasteiger partial charge >= 0.3 is 0 Å². The Kier molecular flexibility index (Phi) is 1.95. The fourth-order valence-corrected chi connectivity index (χ4v) is 2.55. The van der Waals surface area contributed by atoms with Crippen LogP contribution in [0, 0.1) is 0 Å². The molecule has 0 unspecified atom stereocenters. The average molecular weight is 219 g/mol. The summed E-state index contributed by atoms with van der Waals surface area (Å²) in [5.41, 5.74) is 1.87. The molecule has 6 heteroatoms. The summed E-state index contributed by atoms with van der Waals surface area (Å²) in [5, 5.41) is 1.05. The molecule has 0 radical (unpaired) electrons. The smallest absolute Gasteiger partial charge is 0.183 e. The number of aryl methyl sites for hydroxylation is 1. The standard InChI is InChI=1S/C9H9N5S/c1-14-5-13-8-6(11-4-12-8)7(14)9-10-2-3-15-9/h4-5H,2-3H2,1H3. The highest BCUT2D eigenvalue weighted by molar-refractivity contribution is 8.14. The van der Waals surface area contributed by atoms with Gasteiger partial charge in [0.2, 0.25) is 0 Å².